The van der Waals surface area contributed by atoms with Crippen molar-refractivity contribution in [2.45, 2.75) is 62.8 Å². The summed E-state index contributed by atoms with van der Waals surface area (Å²) in [6.07, 6.45) is 1.23. The van der Waals surface area contributed by atoms with Gasteiger partial charge in [-0.2, -0.15) is 4.31 Å². The van der Waals surface area contributed by atoms with Gasteiger partial charge in [-0.05, 0) is 25.1 Å². The summed E-state index contributed by atoms with van der Waals surface area (Å²) in [5, 5.41) is 9.80. The van der Waals surface area contributed by atoms with E-state index in [-0.39, 0.29) is 18.1 Å². The first kappa shape index (κ1) is 22.0. The summed E-state index contributed by atoms with van der Waals surface area (Å²) in [5.41, 5.74) is -1.77. The lowest BCUT2D eigenvalue weighted by Crippen LogP contribution is -2.58. The number of β-amino-alcohol motifs (C(OH)–C–C–N with tert-alkyl or cyclic N) is 1. The maximum atomic E-state index is 12.2. The fraction of sp³-hybridized carbons (Fsp3) is 1.00. The zero-order valence-corrected chi connectivity index (χ0v) is 18.5. The summed E-state index contributed by atoms with van der Waals surface area (Å²) in [6.45, 7) is 11.2. The molecule has 1 fully saturated rings. The average molecular weight is 402 g/mol. The van der Waals surface area contributed by atoms with Crippen molar-refractivity contribution >= 4 is 28.2 Å². The highest BCUT2D eigenvalue weighted by atomic mass is 32.2. The quantitative estimate of drug-likeness (QED) is 0.684. The third-order valence-electron chi connectivity index (χ3n) is 5.32. The molecule has 1 saturated heterocycles. The molecule has 7 nitrogen and oxygen atoms in total. The van der Waals surface area contributed by atoms with E-state index in [4.69, 9.17) is 4.43 Å². The third kappa shape index (κ3) is 4.39. The Hall–Kier alpha value is -0.00312. The fourth-order valence-electron chi connectivity index (χ4n) is 2.66. The van der Waals surface area contributed by atoms with E-state index < -0.39 is 45.1 Å². The average Bonchev–Trinajstić information content (AvgIpc) is 2.66. The summed E-state index contributed by atoms with van der Waals surface area (Å²) < 4.78 is 55.2. The Bertz CT molecular complexity index is 683. The van der Waals surface area contributed by atoms with E-state index in [0.29, 0.717) is 0 Å². The van der Waals surface area contributed by atoms with Crippen LogP contribution in [0.2, 0.25) is 18.1 Å². The first-order valence-corrected chi connectivity index (χ1v) is 14.6. The number of sulfone groups is 1. The number of hydrogen-bond donors (Lipinski definition) is 1. The van der Waals surface area contributed by atoms with Crippen LogP contribution in [-0.2, 0) is 24.3 Å². The van der Waals surface area contributed by atoms with Gasteiger partial charge < -0.3 is 9.53 Å². The van der Waals surface area contributed by atoms with Crippen molar-refractivity contribution in [3.8, 4) is 0 Å². The molecule has 0 aliphatic carbocycles. The number of hydrogen-bond acceptors (Lipinski definition) is 6. The van der Waals surface area contributed by atoms with Crippen molar-refractivity contribution in [2.24, 2.45) is 0 Å². The molecular formula is C14H31NO6S2Si. The largest absolute Gasteiger partial charge is 0.411 e. The van der Waals surface area contributed by atoms with Gasteiger partial charge in [0.05, 0.1) is 12.4 Å². The smallest absolute Gasteiger partial charge is 0.211 e. The first-order chi connectivity index (χ1) is 10.3. The molecule has 1 N–H and O–H groups in total. The monoisotopic (exact) mass is 401 g/mol. The predicted octanol–water partition coefficient (Wildman–Crippen LogP) is 0.816. The molecule has 1 aliphatic rings. The molecule has 0 aromatic rings. The van der Waals surface area contributed by atoms with Crippen LogP contribution >= 0.6 is 0 Å². The normalized spacial score (nSPS) is 29.0. The van der Waals surface area contributed by atoms with Gasteiger partial charge in [0, 0.05) is 19.3 Å². The van der Waals surface area contributed by atoms with Crippen LogP contribution in [0.5, 0.6) is 0 Å². The molecule has 10 heteroatoms. The number of nitrogens with zero attached hydrogens (tertiary/aromatic N) is 1. The predicted molar refractivity (Wildman–Crippen MR) is 97.7 cm³/mol. The molecule has 0 amide bonds. The van der Waals surface area contributed by atoms with E-state index in [1.807, 2.05) is 33.9 Å². The Morgan fingerprint density at radius 3 is 2.00 bits per heavy atom. The van der Waals surface area contributed by atoms with Crippen LogP contribution in [0.3, 0.4) is 0 Å². The van der Waals surface area contributed by atoms with Crippen molar-refractivity contribution in [3.63, 3.8) is 0 Å². The standard InChI is InChI=1S/C14H31NO6S2Si/c1-11(21-24(7,8)13(2,3)4)14(16)10-15(23(6,19)20)9-12(14)22(5,17)18/h11-12,16H,9-10H2,1-8H3/t11-,12-,14+/m0/s1. The Balaban J connectivity index is 3.25. The Morgan fingerprint density at radius 1 is 1.21 bits per heavy atom. The minimum absolute atomic E-state index is 0.118. The summed E-state index contributed by atoms with van der Waals surface area (Å²) >= 11 is 0. The van der Waals surface area contributed by atoms with Crippen LogP contribution in [0.25, 0.3) is 0 Å². The molecule has 144 valence electrons. The van der Waals surface area contributed by atoms with Crippen LogP contribution in [0, 0.1) is 0 Å². The molecule has 0 bridgehead atoms. The van der Waals surface area contributed by atoms with Crippen molar-refractivity contribution in [1.29, 1.82) is 0 Å². The minimum Gasteiger partial charge on any atom is -0.411 e. The van der Waals surface area contributed by atoms with Gasteiger partial charge in [0.15, 0.2) is 18.2 Å². The summed E-state index contributed by atoms with van der Waals surface area (Å²) in [4.78, 5) is 0. The highest BCUT2D eigenvalue weighted by Gasteiger charge is 2.57. The Morgan fingerprint density at radius 2 is 1.67 bits per heavy atom. The maximum absolute atomic E-state index is 12.2. The summed E-state index contributed by atoms with van der Waals surface area (Å²) in [7, 11) is -9.53. The second-order valence-corrected chi connectivity index (χ2v) is 17.4. The lowest BCUT2D eigenvalue weighted by atomic mass is 9.97. The molecule has 1 rings (SSSR count). The van der Waals surface area contributed by atoms with Crippen LogP contribution in [0.15, 0.2) is 0 Å². The summed E-state index contributed by atoms with van der Waals surface area (Å²) in [5.74, 6) is 0. The van der Waals surface area contributed by atoms with Gasteiger partial charge in [0.2, 0.25) is 10.0 Å². The van der Waals surface area contributed by atoms with Crippen LogP contribution in [0.1, 0.15) is 27.7 Å². The van der Waals surface area contributed by atoms with Gasteiger partial charge in [-0.1, -0.05) is 20.8 Å². The Labute approximate surface area is 147 Å². The van der Waals surface area contributed by atoms with Gasteiger partial charge in [-0.15, -0.1) is 0 Å². The third-order valence-corrected chi connectivity index (χ3v) is 12.7. The molecule has 24 heavy (non-hydrogen) atoms. The van der Waals surface area contributed by atoms with Gasteiger partial charge >= 0.3 is 0 Å². The zero-order chi connectivity index (χ0) is 19.4. The van der Waals surface area contributed by atoms with Gasteiger partial charge in [-0.25, -0.2) is 16.8 Å². The molecule has 0 aromatic carbocycles. The van der Waals surface area contributed by atoms with E-state index in [1.54, 1.807) is 6.92 Å². The maximum Gasteiger partial charge on any atom is 0.211 e. The van der Waals surface area contributed by atoms with Crippen LogP contribution < -0.4 is 0 Å². The zero-order valence-electron chi connectivity index (χ0n) is 15.8. The molecule has 1 aliphatic heterocycles. The molecule has 0 spiro atoms. The first-order valence-electron chi connectivity index (χ1n) is 7.86. The SMILES string of the molecule is C[C@H](O[Si](C)(C)C(C)(C)C)[C@]1(O)CN(S(C)(=O)=O)C[C@@H]1S(C)(=O)=O. The molecule has 0 unspecified atom stereocenters. The van der Waals surface area contributed by atoms with Crippen molar-refractivity contribution < 1.29 is 26.4 Å². The second-order valence-electron chi connectivity index (χ2n) is 8.39. The molecule has 0 saturated carbocycles. The van der Waals surface area contributed by atoms with Crippen LogP contribution in [-0.4, -0.2) is 77.1 Å². The van der Waals surface area contributed by atoms with E-state index >= 15 is 0 Å². The highest BCUT2D eigenvalue weighted by molar-refractivity contribution is 7.91. The summed E-state index contributed by atoms with van der Waals surface area (Å²) in [6, 6.07) is 0. The minimum atomic E-state index is -3.66. The number of aliphatic hydroxyl groups is 1. The van der Waals surface area contributed by atoms with Crippen molar-refractivity contribution in [2.75, 3.05) is 25.6 Å². The van der Waals surface area contributed by atoms with Gasteiger partial charge in [-0.3, -0.25) is 0 Å². The topological polar surface area (TPSA) is 101 Å². The lowest BCUT2D eigenvalue weighted by molar-refractivity contribution is -0.0445. The molecule has 0 radical (unpaired) electrons. The molecule has 0 aromatic heterocycles. The van der Waals surface area contributed by atoms with Gasteiger partial charge in [0.1, 0.15) is 10.9 Å². The number of rotatable bonds is 5. The molecule has 1 heterocycles. The van der Waals surface area contributed by atoms with E-state index in [0.717, 1.165) is 16.8 Å². The lowest BCUT2D eigenvalue weighted by Gasteiger charge is -2.43. The highest BCUT2D eigenvalue weighted by Crippen LogP contribution is 2.41. The van der Waals surface area contributed by atoms with Crippen molar-refractivity contribution in [1.82, 2.24) is 4.31 Å². The second kappa shape index (κ2) is 6.31. The van der Waals surface area contributed by atoms with E-state index in [9.17, 15) is 21.9 Å². The molecular weight excluding hydrogens is 370 g/mol. The van der Waals surface area contributed by atoms with E-state index in [1.165, 1.54) is 0 Å². The number of sulfonamides is 1. The van der Waals surface area contributed by atoms with Gasteiger partial charge in [0.25, 0.3) is 0 Å². The fourth-order valence-corrected chi connectivity index (χ4v) is 6.52. The Kier molecular flexibility index (Phi) is 5.79. The van der Waals surface area contributed by atoms with E-state index in [2.05, 4.69) is 0 Å². The van der Waals surface area contributed by atoms with Crippen molar-refractivity contribution in [3.05, 3.63) is 0 Å². The molecule has 3 atom stereocenters. The van der Waals surface area contributed by atoms with Crippen LogP contribution in [0.4, 0.5) is 0 Å².